The quantitative estimate of drug-likeness (QED) is 0.502. The van der Waals surface area contributed by atoms with E-state index in [1.54, 1.807) is 6.08 Å². The van der Waals surface area contributed by atoms with Crippen molar-refractivity contribution in [3.05, 3.63) is 12.2 Å². The highest BCUT2D eigenvalue weighted by Crippen LogP contribution is 2.34. The van der Waals surface area contributed by atoms with Crippen molar-refractivity contribution in [3.8, 4) is 6.07 Å². The van der Waals surface area contributed by atoms with E-state index in [2.05, 4.69) is 6.92 Å². The molecule has 2 aliphatic carbocycles. The van der Waals surface area contributed by atoms with Crippen LogP contribution in [0.15, 0.2) is 12.2 Å². The fourth-order valence-corrected chi connectivity index (χ4v) is 4.07. The van der Waals surface area contributed by atoms with Crippen LogP contribution in [0.2, 0.25) is 0 Å². The molecule has 0 heterocycles. The maximum atomic E-state index is 12.4. The summed E-state index contributed by atoms with van der Waals surface area (Å²) in [5.41, 5.74) is 0. The zero-order chi connectivity index (χ0) is 16.5. The molecule has 0 atom stereocenters. The first-order valence-electron chi connectivity index (χ1n) is 9.48. The van der Waals surface area contributed by atoms with E-state index < -0.39 is 0 Å². The molecule has 3 nitrogen and oxygen atoms in total. The molecule has 2 aliphatic rings. The summed E-state index contributed by atoms with van der Waals surface area (Å²) >= 11 is 0. The van der Waals surface area contributed by atoms with Crippen molar-refractivity contribution < 1.29 is 9.53 Å². The molecule has 3 heteroatoms. The molecule has 0 amide bonds. The highest BCUT2D eigenvalue weighted by molar-refractivity contribution is 5.72. The predicted octanol–water partition coefficient (Wildman–Crippen LogP) is 5.16. The summed E-state index contributed by atoms with van der Waals surface area (Å²) in [6.45, 7) is 2.26. The van der Waals surface area contributed by atoms with Gasteiger partial charge in [0.05, 0.1) is 12.0 Å². The molecular weight excluding hydrogens is 286 g/mol. The van der Waals surface area contributed by atoms with E-state index >= 15 is 0 Å². The molecule has 0 bridgehead atoms. The van der Waals surface area contributed by atoms with Crippen LogP contribution in [-0.2, 0) is 9.53 Å². The Hall–Kier alpha value is -1.30. The first-order chi connectivity index (χ1) is 11.2. The summed E-state index contributed by atoms with van der Waals surface area (Å²) in [7, 11) is 0. The van der Waals surface area contributed by atoms with Gasteiger partial charge in [-0.25, -0.2) is 0 Å². The Morgan fingerprint density at radius 3 is 2.35 bits per heavy atom. The summed E-state index contributed by atoms with van der Waals surface area (Å²) in [5.74, 6) is 1.75. The number of rotatable bonds is 6. The fraction of sp³-hybridized carbons (Fsp3) is 0.800. The molecule has 0 N–H and O–H groups in total. The third kappa shape index (κ3) is 6.01. The lowest BCUT2D eigenvalue weighted by Crippen LogP contribution is -2.30. The van der Waals surface area contributed by atoms with E-state index in [9.17, 15) is 4.79 Å². The van der Waals surface area contributed by atoms with E-state index in [-0.39, 0.29) is 18.0 Å². The number of carbonyl (C=O) groups excluding carboxylic acids is 1. The third-order valence-electron chi connectivity index (χ3n) is 5.77. The second-order valence-electron chi connectivity index (χ2n) is 7.31. The molecule has 0 spiro atoms. The number of allylic oxidation sites excluding steroid dienone is 2. The van der Waals surface area contributed by atoms with E-state index in [1.807, 2.05) is 12.1 Å². The first-order valence-corrected chi connectivity index (χ1v) is 9.48. The van der Waals surface area contributed by atoms with Crippen LogP contribution in [0.3, 0.4) is 0 Å². The molecule has 2 rings (SSSR count). The minimum Gasteiger partial charge on any atom is -0.462 e. The summed E-state index contributed by atoms with van der Waals surface area (Å²) in [6.07, 6.45) is 15.9. The molecule has 0 aromatic rings. The molecule has 0 aromatic carbocycles. The first kappa shape index (κ1) is 18.0. The second-order valence-corrected chi connectivity index (χ2v) is 7.31. The lowest BCUT2D eigenvalue weighted by molar-refractivity contribution is -0.157. The van der Waals surface area contributed by atoms with Gasteiger partial charge in [-0.1, -0.05) is 19.4 Å². The largest absolute Gasteiger partial charge is 0.462 e. The van der Waals surface area contributed by atoms with Crippen LogP contribution >= 0.6 is 0 Å². The minimum absolute atomic E-state index is 0.0628. The Kier molecular flexibility index (Phi) is 7.65. The molecular formula is C20H31NO2. The van der Waals surface area contributed by atoms with Gasteiger partial charge in [-0.2, -0.15) is 5.26 Å². The maximum Gasteiger partial charge on any atom is 0.309 e. The van der Waals surface area contributed by atoms with Crippen molar-refractivity contribution >= 4 is 5.97 Å². The minimum atomic E-state index is 0.0628. The summed E-state index contributed by atoms with van der Waals surface area (Å²) in [6, 6.07) is 2.03. The molecule has 0 aromatic heterocycles. The van der Waals surface area contributed by atoms with Crippen LogP contribution < -0.4 is 0 Å². The van der Waals surface area contributed by atoms with Gasteiger partial charge >= 0.3 is 5.97 Å². The van der Waals surface area contributed by atoms with E-state index in [4.69, 9.17) is 10.00 Å². The van der Waals surface area contributed by atoms with Gasteiger partial charge in [0.2, 0.25) is 0 Å². The highest BCUT2D eigenvalue weighted by atomic mass is 16.5. The summed E-state index contributed by atoms with van der Waals surface area (Å²) in [4.78, 5) is 12.4. The van der Waals surface area contributed by atoms with Gasteiger partial charge < -0.3 is 4.74 Å². The number of nitrogens with zero attached hydrogens (tertiary/aromatic N) is 1. The highest BCUT2D eigenvalue weighted by Gasteiger charge is 2.30. The molecule has 0 radical (unpaired) electrons. The lowest BCUT2D eigenvalue weighted by Gasteiger charge is -2.31. The van der Waals surface area contributed by atoms with Gasteiger partial charge in [-0.05, 0) is 76.0 Å². The number of carbonyl (C=O) groups is 1. The van der Waals surface area contributed by atoms with Gasteiger partial charge in [0.15, 0.2) is 0 Å². The Morgan fingerprint density at radius 2 is 1.74 bits per heavy atom. The van der Waals surface area contributed by atoms with E-state index in [1.165, 1.54) is 19.3 Å². The Labute approximate surface area is 141 Å². The van der Waals surface area contributed by atoms with Crippen LogP contribution in [-0.4, -0.2) is 12.1 Å². The third-order valence-corrected chi connectivity index (χ3v) is 5.77. The summed E-state index contributed by atoms with van der Waals surface area (Å²) in [5, 5.41) is 8.47. The number of esters is 1. The standard InChI is InChI=1S/C20H31NO2/c1-2-16-9-13-19(14-10-16)23-20(22)18-11-7-17(8-12-18)6-4-3-5-15-21/h3,5,16-19H,2,4,6-14H2,1H3/b5-3+. The normalized spacial score (nSPS) is 31.7. The zero-order valence-corrected chi connectivity index (χ0v) is 14.5. The molecule has 0 saturated heterocycles. The Balaban J connectivity index is 1.64. The van der Waals surface area contributed by atoms with Crippen molar-refractivity contribution in [3.63, 3.8) is 0 Å². The van der Waals surface area contributed by atoms with Gasteiger partial charge in [0.25, 0.3) is 0 Å². The van der Waals surface area contributed by atoms with Crippen LogP contribution in [0.5, 0.6) is 0 Å². The van der Waals surface area contributed by atoms with Crippen molar-refractivity contribution in [2.75, 3.05) is 0 Å². The van der Waals surface area contributed by atoms with E-state index in [0.29, 0.717) is 5.92 Å². The van der Waals surface area contributed by atoms with Crippen molar-refractivity contribution in [2.24, 2.45) is 17.8 Å². The van der Waals surface area contributed by atoms with Crippen LogP contribution in [0.4, 0.5) is 0 Å². The number of hydrogen-bond donors (Lipinski definition) is 0. The molecule has 2 fully saturated rings. The average Bonchev–Trinajstić information content (AvgIpc) is 2.60. The average molecular weight is 317 g/mol. The smallest absolute Gasteiger partial charge is 0.309 e. The number of ether oxygens (including phenoxy) is 1. The number of nitriles is 1. The second kappa shape index (κ2) is 9.75. The fourth-order valence-electron chi connectivity index (χ4n) is 4.07. The molecule has 2 saturated carbocycles. The number of hydrogen-bond acceptors (Lipinski definition) is 3. The maximum absolute atomic E-state index is 12.4. The van der Waals surface area contributed by atoms with Gasteiger partial charge in [0.1, 0.15) is 6.10 Å². The monoisotopic (exact) mass is 317 g/mol. The lowest BCUT2D eigenvalue weighted by atomic mass is 9.80. The molecule has 23 heavy (non-hydrogen) atoms. The topological polar surface area (TPSA) is 50.1 Å². The van der Waals surface area contributed by atoms with Crippen LogP contribution in [0.1, 0.15) is 77.6 Å². The van der Waals surface area contributed by atoms with Crippen molar-refractivity contribution in [1.29, 1.82) is 5.26 Å². The molecule has 0 unspecified atom stereocenters. The van der Waals surface area contributed by atoms with E-state index in [0.717, 1.165) is 57.3 Å². The molecule has 128 valence electrons. The Morgan fingerprint density at radius 1 is 1.09 bits per heavy atom. The SMILES string of the molecule is CCC1CCC(OC(=O)C2CCC(CC/C=C/C#N)CC2)CC1. The van der Waals surface area contributed by atoms with Crippen LogP contribution in [0.25, 0.3) is 0 Å². The molecule has 0 aliphatic heterocycles. The van der Waals surface area contributed by atoms with Gasteiger partial charge in [0, 0.05) is 6.08 Å². The zero-order valence-electron chi connectivity index (χ0n) is 14.5. The predicted molar refractivity (Wildman–Crippen MR) is 91.6 cm³/mol. The van der Waals surface area contributed by atoms with Gasteiger partial charge in [-0.3, -0.25) is 4.79 Å². The van der Waals surface area contributed by atoms with Crippen LogP contribution in [0, 0.1) is 29.1 Å². The Bertz CT molecular complexity index is 421. The van der Waals surface area contributed by atoms with Crippen molar-refractivity contribution in [1.82, 2.24) is 0 Å². The van der Waals surface area contributed by atoms with Crippen molar-refractivity contribution in [2.45, 2.75) is 83.7 Å². The summed E-state index contributed by atoms with van der Waals surface area (Å²) < 4.78 is 5.79. The van der Waals surface area contributed by atoms with Gasteiger partial charge in [-0.15, -0.1) is 0 Å².